The molecule has 0 radical (unpaired) electrons. The summed E-state index contributed by atoms with van der Waals surface area (Å²) in [5.41, 5.74) is 0. The molecule has 0 bridgehead atoms. The summed E-state index contributed by atoms with van der Waals surface area (Å²) in [7, 11) is 0. The van der Waals surface area contributed by atoms with Crippen LogP contribution in [0.25, 0.3) is 0 Å². The zero-order valence-electron chi connectivity index (χ0n) is 9.22. The van der Waals surface area contributed by atoms with E-state index in [4.69, 9.17) is 10.2 Å². The molecule has 16 heavy (non-hydrogen) atoms. The Labute approximate surface area is 96.1 Å². The van der Waals surface area contributed by atoms with Crippen LogP contribution < -0.4 is 0 Å². The summed E-state index contributed by atoms with van der Waals surface area (Å²) in [5.74, 6) is 10.3. The number of rotatable bonds is 4. The molecule has 0 aliphatic heterocycles. The fraction of sp³-hybridized carbons (Fsp3) is 0.385. The number of aliphatic hydroxyl groups excluding tert-OH is 3. The van der Waals surface area contributed by atoms with E-state index in [9.17, 15) is 5.11 Å². The zero-order chi connectivity index (χ0) is 12.4. The number of hydrogen-bond acceptors (Lipinski definition) is 3. The summed E-state index contributed by atoms with van der Waals surface area (Å²) in [6.07, 6.45) is 1.96. The lowest BCUT2D eigenvalue weighted by molar-refractivity contribution is 0.0811. The largest absolute Gasteiger partial charge is 0.392 e. The molecule has 0 amide bonds. The van der Waals surface area contributed by atoms with Crippen molar-refractivity contribution in [3.63, 3.8) is 0 Å². The highest BCUT2D eigenvalue weighted by atomic mass is 16.3. The summed E-state index contributed by atoms with van der Waals surface area (Å²) in [5, 5.41) is 27.2. The van der Waals surface area contributed by atoms with E-state index in [1.54, 1.807) is 6.92 Å². The van der Waals surface area contributed by atoms with Crippen molar-refractivity contribution in [3.8, 4) is 23.7 Å². The lowest BCUT2D eigenvalue weighted by atomic mass is 10.2. The summed E-state index contributed by atoms with van der Waals surface area (Å²) in [6.45, 7) is 4.99. The molecule has 0 heterocycles. The van der Waals surface area contributed by atoms with E-state index in [2.05, 4.69) is 30.3 Å². The number of hydrogen-bond donors (Lipinski definition) is 3. The number of aliphatic hydroxyl groups is 3. The highest BCUT2D eigenvalue weighted by molar-refractivity contribution is 5.31. The standard InChI is InChI=1S/C13H16O3/c1-3-12(15)13(16)10-8-6-4-5-7-9-11(2)14/h3,8,10-16H,1,9H2,2H3. The van der Waals surface area contributed by atoms with Gasteiger partial charge in [0.2, 0.25) is 0 Å². The monoisotopic (exact) mass is 220 g/mol. The van der Waals surface area contributed by atoms with E-state index >= 15 is 0 Å². The van der Waals surface area contributed by atoms with Crippen molar-refractivity contribution in [3.05, 3.63) is 24.8 Å². The second-order valence-corrected chi connectivity index (χ2v) is 3.20. The topological polar surface area (TPSA) is 60.7 Å². The zero-order valence-corrected chi connectivity index (χ0v) is 9.22. The van der Waals surface area contributed by atoms with Gasteiger partial charge in [0.05, 0.1) is 6.10 Å². The van der Waals surface area contributed by atoms with Gasteiger partial charge in [0.25, 0.3) is 0 Å². The smallest absolute Gasteiger partial charge is 0.102 e. The van der Waals surface area contributed by atoms with E-state index in [1.165, 1.54) is 18.2 Å². The van der Waals surface area contributed by atoms with Crippen LogP contribution in [0.2, 0.25) is 0 Å². The summed E-state index contributed by atoms with van der Waals surface area (Å²) >= 11 is 0. The van der Waals surface area contributed by atoms with E-state index in [1.807, 2.05) is 0 Å². The maximum absolute atomic E-state index is 9.25. The molecule has 0 fully saturated rings. The van der Waals surface area contributed by atoms with Crippen molar-refractivity contribution in [2.45, 2.75) is 31.7 Å². The minimum atomic E-state index is -1.00. The molecule has 0 aliphatic rings. The van der Waals surface area contributed by atoms with E-state index < -0.39 is 18.3 Å². The highest BCUT2D eigenvalue weighted by Crippen LogP contribution is 1.95. The molecule has 3 unspecified atom stereocenters. The third kappa shape index (κ3) is 7.84. The third-order valence-corrected chi connectivity index (χ3v) is 1.59. The van der Waals surface area contributed by atoms with Gasteiger partial charge in [-0.25, -0.2) is 0 Å². The van der Waals surface area contributed by atoms with Crippen LogP contribution in [0.4, 0.5) is 0 Å². The van der Waals surface area contributed by atoms with Crippen LogP contribution in [0.15, 0.2) is 24.8 Å². The van der Waals surface area contributed by atoms with Crippen molar-refractivity contribution < 1.29 is 15.3 Å². The van der Waals surface area contributed by atoms with Crippen LogP contribution in [0, 0.1) is 23.7 Å². The van der Waals surface area contributed by atoms with Crippen LogP contribution in [0.5, 0.6) is 0 Å². The van der Waals surface area contributed by atoms with Crippen molar-refractivity contribution in [2.75, 3.05) is 0 Å². The van der Waals surface area contributed by atoms with E-state index in [0.29, 0.717) is 6.42 Å². The summed E-state index contributed by atoms with van der Waals surface area (Å²) < 4.78 is 0. The molecule has 0 saturated carbocycles. The van der Waals surface area contributed by atoms with Crippen molar-refractivity contribution in [1.82, 2.24) is 0 Å². The highest BCUT2D eigenvalue weighted by Gasteiger charge is 2.06. The van der Waals surface area contributed by atoms with Gasteiger partial charge < -0.3 is 15.3 Å². The molecule has 0 aromatic heterocycles. The van der Waals surface area contributed by atoms with Gasteiger partial charge >= 0.3 is 0 Å². The van der Waals surface area contributed by atoms with Crippen LogP contribution in [-0.2, 0) is 0 Å². The Morgan fingerprint density at radius 3 is 2.44 bits per heavy atom. The van der Waals surface area contributed by atoms with Gasteiger partial charge in [-0.3, -0.25) is 0 Å². The molecule has 3 N–H and O–H groups in total. The molecule has 0 aliphatic carbocycles. The van der Waals surface area contributed by atoms with Crippen molar-refractivity contribution in [1.29, 1.82) is 0 Å². The van der Waals surface area contributed by atoms with Crippen LogP contribution >= 0.6 is 0 Å². The molecular formula is C13H16O3. The van der Waals surface area contributed by atoms with Gasteiger partial charge in [0, 0.05) is 6.42 Å². The first-order valence-corrected chi connectivity index (χ1v) is 4.89. The first-order chi connectivity index (χ1) is 7.57. The minimum absolute atomic E-state index is 0.385. The lowest BCUT2D eigenvalue weighted by Gasteiger charge is -2.07. The fourth-order valence-electron chi connectivity index (χ4n) is 0.721. The Morgan fingerprint density at radius 1 is 1.19 bits per heavy atom. The van der Waals surface area contributed by atoms with Crippen LogP contribution in [-0.4, -0.2) is 33.6 Å². The Kier molecular flexibility index (Phi) is 7.93. The van der Waals surface area contributed by atoms with Crippen molar-refractivity contribution in [2.24, 2.45) is 0 Å². The lowest BCUT2D eigenvalue weighted by Crippen LogP contribution is -2.20. The SMILES string of the molecule is C=CC(O)C(O)C=CC#CC#CCC(C)O. The molecule has 0 aromatic rings. The molecule has 0 spiro atoms. The Morgan fingerprint density at radius 2 is 1.88 bits per heavy atom. The fourth-order valence-corrected chi connectivity index (χ4v) is 0.721. The molecule has 0 aromatic carbocycles. The predicted molar refractivity (Wildman–Crippen MR) is 63.2 cm³/mol. The van der Waals surface area contributed by atoms with Gasteiger partial charge in [-0.05, 0) is 30.9 Å². The average Bonchev–Trinajstić information content (AvgIpc) is 2.25. The third-order valence-electron chi connectivity index (χ3n) is 1.59. The Bertz CT molecular complexity index is 347. The molecule has 3 atom stereocenters. The summed E-state index contributed by atoms with van der Waals surface area (Å²) in [6, 6.07) is 0. The van der Waals surface area contributed by atoms with Gasteiger partial charge in [0.1, 0.15) is 12.2 Å². The van der Waals surface area contributed by atoms with Crippen LogP contribution in [0.1, 0.15) is 13.3 Å². The summed E-state index contributed by atoms with van der Waals surface area (Å²) in [4.78, 5) is 0. The van der Waals surface area contributed by atoms with E-state index in [0.717, 1.165) is 0 Å². The second kappa shape index (κ2) is 8.76. The average molecular weight is 220 g/mol. The van der Waals surface area contributed by atoms with Crippen LogP contribution in [0.3, 0.4) is 0 Å². The second-order valence-electron chi connectivity index (χ2n) is 3.20. The Balaban J connectivity index is 4.03. The van der Waals surface area contributed by atoms with Gasteiger partial charge in [-0.1, -0.05) is 17.9 Å². The maximum atomic E-state index is 9.25. The Hall–Kier alpha value is -1.52. The first kappa shape index (κ1) is 14.5. The molecule has 0 saturated heterocycles. The van der Waals surface area contributed by atoms with Gasteiger partial charge in [-0.2, -0.15) is 0 Å². The number of allylic oxidation sites excluding steroid dienone is 1. The van der Waals surface area contributed by atoms with Gasteiger partial charge in [0.15, 0.2) is 0 Å². The predicted octanol–water partition coefficient (Wildman–Crippen LogP) is 0.228. The maximum Gasteiger partial charge on any atom is 0.102 e. The normalized spacial score (nSPS) is 15.2. The molecule has 3 heteroatoms. The molecule has 86 valence electrons. The first-order valence-electron chi connectivity index (χ1n) is 4.89. The van der Waals surface area contributed by atoms with Gasteiger partial charge in [-0.15, -0.1) is 6.58 Å². The quantitative estimate of drug-likeness (QED) is 0.469. The minimum Gasteiger partial charge on any atom is -0.392 e. The molecule has 3 nitrogen and oxygen atoms in total. The molecule has 0 rings (SSSR count). The molecular weight excluding hydrogens is 204 g/mol. The van der Waals surface area contributed by atoms with E-state index in [-0.39, 0.29) is 0 Å². The van der Waals surface area contributed by atoms with Crippen molar-refractivity contribution >= 4 is 0 Å².